The predicted molar refractivity (Wildman–Crippen MR) is 223 cm³/mol. The smallest absolute Gasteiger partial charge is 0.416 e. The number of amides is 2. The minimum absolute atomic E-state index is 0.00368. The molecule has 1 N–H and O–H groups in total. The van der Waals surface area contributed by atoms with Crippen molar-refractivity contribution in [3.05, 3.63) is 102 Å². The van der Waals surface area contributed by atoms with Gasteiger partial charge in [0.1, 0.15) is 17.2 Å². The summed E-state index contributed by atoms with van der Waals surface area (Å²) in [6.07, 6.45) is -8.25. The lowest BCUT2D eigenvalue weighted by atomic mass is 9.76. The Morgan fingerprint density at radius 3 is 2.14 bits per heavy atom. The Morgan fingerprint density at radius 1 is 0.938 bits per heavy atom. The number of ketones is 1. The van der Waals surface area contributed by atoms with Crippen molar-refractivity contribution in [3.8, 4) is 17.3 Å². The first kappa shape index (κ1) is 44.8. The maximum Gasteiger partial charge on any atom is 0.416 e. The second-order valence-corrected chi connectivity index (χ2v) is 20.0. The molecule has 8 rings (SSSR count). The molecule has 5 aromatic rings. The highest BCUT2D eigenvalue weighted by Crippen LogP contribution is 2.57. The van der Waals surface area contributed by atoms with Gasteiger partial charge in [-0.1, -0.05) is 63.2 Å². The van der Waals surface area contributed by atoms with E-state index in [1.807, 2.05) is 0 Å². The molecule has 18 heteroatoms. The van der Waals surface area contributed by atoms with Crippen molar-refractivity contribution in [2.24, 2.45) is 22.7 Å². The number of alkyl halides is 6. The zero-order valence-corrected chi connectivity index (χ0v) is 35.7. The highest BCUT2D eigenvalue weighted by Gasteiger charge is 2.61. The number of fused-ring (bicyclic) bond motifs is 3. The molecule has 0 spiro atoms. The third kappa shape index (κ3) is 8.84. The van der Waals surface area contributed by atoms with Gasteiger partial charge in [-0.05, 0) is 79.0 Å². The van der Waals surface area contributed by atoms with Gasteiger partial charge in [-0.2, -0.15) is 31.3 Å². The summed E-state index contributed by atoms with van der Waals surface area (Å²) >= 11 is 0. The van der Waals surface area contributed by atoms with E-state index in [1.165, 1.54) is 35.2 Å². The average Bonchev–Trinajstić information content (AvgIpc) is 4.14. The normalized spacial score (nSPS) is 22.1. The van der Waals surface area contributed by atoms with Crippen LogP contribution >= 0.6 is 0 Å². The molecule has 1 saturated heterocycles. The number of allylic oxidation sites excluding steroid dienone is 1. The molecule has 0 radical (unpaired) electrons. The number of ether oxygens (including phenoxy) is 1. The quantitative estimate of drug-likeness (QED) is 0.0902. The van der Waals surface area contributed by atoms with Crippen LogP contribution in [0.4, 0.5) is 26.3 Å². The van der Waals surface area contributed by atoms with Gasteiger partial charge in [-0.15, -0.1) is 6.58 Å². The lowest BCUT2D eigenvalue weighted by molar-refractivity contribution is -0.144. The number of carbonyl (C=O) groups excluding carboxylic acids is 3. The average molecular weight is 911 g/mol. The molecule has 5 atom stereocenters. The third-order valence-corrected chi connectivity index (χ3v) is 14.3. The number of para-hydroxylation sites is 1. The van der Waals surface area contributed by atoms with Crippen molar-refractivity contribution >= 4 is 49.7 Å². The van der Waals surface area contributed by atoms with Crippen molar-refractivity contribution in [2.75, 3.05) is 6.54 Å². The third-order valence-electron chi connectivity index (χ3n) is 12.5. The molecular formula is C46H44F6N4O7S. The standard InChI is InChI=1S/C46H44F6N4O7S/c1-5-27-22-44(27,42(59)55-64(60,61)31-18-19-31)23-35(57)34-21-30(24-56(34)41(58)33(43(2,3)4)20-25-10-14-28(15-11-25)45(47,48)49)62-40-38-37(32-8-6-7-9-36(32)63-38)53-39(54-40)26-12-16-29(17-13-26)46(50,51)52/h5-17,27,30-31,33-34H,1,18-24H2,2-4H3,(H,55,59)/t27-,30-,33-,34+,44-/m1/s1. The summed E-state index contributed by atoms with van der Waals surface area (Å²) in [6.45, 7) is 8.97. The van der Waals surface area contributed by atoms with E-state index in [0.29, 0.717) is 29.4 Å². The first-order chi connectivity index (χ1) is 30.0. The Bertz CT molecular complexity index is 2760. The van der Waals surface area contributed by atoms with E-state index >= 15 is 0 Å². The zero-order chi connectivity index (χ0) is 46.1. The molecule has 1 aliphatic heterocycles. The monoisotopic (exact) mass is 910 g/mol. The van der Waals surface area contributed by atoms with Crippen LogP contribution in [0.3, 0.4) is 0 Å². The minimum Gasteiger partial charge on any atom is -0.470 e. The van der Waals surface area contributed by atoms with Crippen LogP contribution in [0, 0.1) is 22.7 Å². The molecule has 2 amide bonds. The van der Waals surface area contributed by atoms with E-state index in [9.17, 15) is 49.1 Å². The number of sulfonamides is 1. The van der Waals surface area contributed by atoms with Crippen LogP contribution in [0.15, 0.2) is 89.9 Å². The highest BCUT2D eigenvalue weighted by atomic mass is 32.2. The van der Waals surface area contributed by atoms with E-state index in [2.05, 4.69) is 21.3 Å². The molecule has 3 aliphatic rings. The molecule has 338 valence electrons. The summed E-state index contributed by atoms with van der Waals surface area (Å²) in [5.74, 6) is -3.42. The molecule has 2 aliphatic carbocycles. The van der Waals surface area contributed by atoms with Crippen LogP contribution in [0.5, 0.6) is 5.88 Å². The van der Waals surface area contributed by atoms with Crippen molar-refractivity contribution in [2.45, 2.75) is 89.0 Å². The maximum atomic E-state index is 14.9. The highest BCUT2D eigenvalue weighted by molar-refractivity contribution is 7.90. The van der Waals surface area contributed by atoms with Gasteiger partial charge < -0.3 is 14.1 Å². The SMILES string of the molecule is C=C[C@@H]1C[C@]1(CC(=O)[C@@H]1C[C@@H](Oc2nc(-c3ccc(C(F)(F)F)cc3)nc3c2oc2ccccc23)CN1C(=O)[C@@H](Cc1ccc(C(F)(F)F)cc1)C(C)(C)C)C(=O)NS(=O)(=O)C1CC1. The fourth-order valence-corrected chi connectivity index (χ4v) is 9.90. The van der Waals surface area contributed by atoms with Crippen LogP contribution in [0.25, 0.3) is 33.5 Å². The number of hydrogen-bond acceptors (Lipinski definition) is 9. The number of Topliss-reactive ketones (excluding diaryl/α,β-unsaturated/α-hetero) is 1. The van der Waals surface area contributed by atoms with Crippen LogP contribution in [0.1, 0.15) is 69.6 Å². The Hall–Kier alpha value is -5.78. The van der Waals surface area contributed by atoms with Crippen molar-refractivity contribution < 1.29 is 58.3 Å². The first-order valence-electron chi connectivity index (χ1n) is 20.7. The molecule has 0 unspecified atom stereocenters. The number of halogens is 6. The number of rotatable bonds is 13. The van der Waals surface area contributed by atoms with Crippen molar-refractivity contribution in [1.82, 2.24) is 19.6 Å². The number of aromatic nitrogens is 2. The van der Waals surface area contributed by atoms with Gasteiger partial charge in [-0.3, -0.25) is 19.1 Å². The summed E-state index contributed by atoms with van der Waals surface area (Å²) < 4.78 is 121. The van der Waals surface area contributed by atoms with Gasteiger partial charge in [0.25, 0.3) is 5.88 Å². The number of furan rings is 1. The van der Waals surface area contributed by atoms with Gasteiger partial charge in [0.2, 0.25) is 27.4 Å². The number of nitrogens with one attached hydrogen (secondary N) is 1. The fourth-order valence-electron chi connectivity index (χ4n) is 8.51. The molecule has 2 aromatic heterocycles. The lowest BCUT2D eigenvalue weighted by Crippen LogP contribution is -2.48. The number of nitrogens with zero attached hydrogens (tertiary/aromatic N) is 3. The number of carbonyl (C=O) groups is 3. The largest absolute Gasteiger partial charge is 0.470 e. The topological polar surface area (TPSA) is 149 Å². The van der Waals surface area contributed by atoms with Crippen LogP contribution < -0.4 is 9.46 Å². The van der Waals surface area contributed by atoms with E-state index in [1.54, 1.807) is 45.0 Å². The molecule has 3 aromatic carbocycles. The van der Waals surface area contributed by atoms with Crippen LogP contribution in [-0.4, -0.2) is 64.8 Å². The van der Waals surface area contributed by atoms with Gasteiger partial charge in [0, 0.05) is 29.7 Å². The van der Waals surface area contributed by atoms with Crippen LogP contribution in [0.2, 0.25) is 0 Å². The van der Waals surface area contributed by atoms with E-state index in [4.69, 9.17) is 9.15 Å². The zero-order valence-electron chi connectivity index (χ0n) is 34.9. The minimum atomic E-state index is -4.59. The van der Waals surface area contributed by atoms with E-state index in [0.717, 1.165) is 24.3 Å². The summed E-state index contributed by atoms with van der Waals surface area (Å²) in [7, 11) is -3.98. The summed E-state index contributed by atoms with van der Waals surface area (Å²) in [5.41, 5.74) is -2.51. The van der Waals surface area contributed by atoms with Crippen molar-refractivity contribution in [3.63, 3.8) is 0 Å². The molecule has 11 nitrogen and oxygen atoms in total. The van der Waals surface area contributed by atoms with Gasteiger partial charge in [0.15, 0.2) is 11.6 Å². The van der Waals surface area contributed by atoms with Gasteiger partial charge >= 0.3 is 12.4 Å². The van der Waals surface area contributed by atoms with Crippen LogP contribution in [-0.2, 0) is 43.2 Å². The summed E-state index contributed by atoms with van der Waals surface area (Å²) in [4.78, 5) is 53.9. The summed E-state index contributed by atoms with van der Waals surface area (Å²) in [5, 5.41) is -0.149. The van der Waals surface area contributed by atoms with Gasteiger partial charge in [-0.25, -0.2) is 13.4 Å². The number of benzene rings is 3. The second-order valence-electron chi connectivity index (χ2n) is 18.0. The molecule has 64 heavy (non-hydrogen) atoms. The fraction of sp³-hybridized carbons (Fsp3) is 0.413. The summed E-state index contributed by atoms with van der Waals surface area (Å²) in [6, 6.07) is 14.4. The van der Waals surface area contributed by atoms with Crippen molar-refractivity contribution in [1.29, 1.82) is 0 Å². The molecule has 3 heterocycles. The first-order valence-corrected chi connectivity index (χ1v) is 22.2. The number of hydrogen-bond donors (Lipinski definition) is 1. The molecule has 0 bridgehead atoms. The maximum absolute atomic E-state index is 14.9. The molecular weight excluding hydrogens is 867 g/mol. The second kappa shape index (κ2) is 16.0. The Balaban J connectivity index is 1.15. The predicted octanol–water partition coefficient (Wildman–Crippen LogP) is 9.09. The Labute approximate surface area is 364 Å². The molecule has 2 saturated carbocycles. The Kier molecular flexibility index (Phi) is 11.2. The lowest BCUT2D eigenvalue weighted by Gasteiger charge is -2.35. The van der Waals surface area contributed by atoms with E-state index in [-0.39, 0.29) is 54.2 Å². The Morgan fingerprint density at radius 2 is 1.56 bits per heavy atom. The molecule has 3 fully saturated rings. The number of likely N-dealkylation sites (tertiary alicyclic amines) is 1. The van der Waals surface area contributed by atoms with Gasteiger partial charge in [0.05, 0.1) is 34.4 Å². The van der Waals surface area contributed by atoms with E-state index < -0.39 is 97.6 Å².